The van der Waals surface area contributed by atoms with Gasteiger partial charge in [-0.3, -0.25) is 9.59 Å². The molecule has 4 heterocycles. The van der Waals surface area contributed by atoms with Crippen molar-refractivity contribution in [2.24, 2.45) is 5.92 Å². The third-order valence-corrected chi connectivity index (χ3v) is 5.08. The normalized spacial score (nSPS) is 15.5. The van der Waals surface area contributed by atoms with E-state index in [-0.39, 0.29) is 11.5 Å². The lowest BCUT2D eigenvalue weighted by Crippen LogP contribution is -2.40. The van der Waals surface area contributed by atoms with Crippen LogP contribution in [0, 0.1) is 12.8 Å². The Hall–Kier alpha value is -2.89. The second-order valence-corrected chi connectivity index (χ2v) is 6.99. The first kappa shape index (κ1) is 16.6. The molecule has 0 unspecified atom stereocenters. The number of carbonyl (C=O) groups is 1. The predicted octanol–water partition coefficient (Wildman–Crippen LogP) is 2.36. The van der Waals surface area contributed by atoms with E-state index in [1.807, 2.05) is 52.9 Å². The highest BCUT2D eigenvalue weighted by atomic mass is 16.2. The van der Waals surface area contributed by atoms with E-state index in [0.29, 0.717) is 12.5 Å². The zero-order valence-corrected chi connectivity index (χ0v) is 14.8. The smallest absolute Gasteiger partial charge is 0.266 e. The molecule has 0 spiro atoms. The summed E-state index contributed by atoms with van der Waals surface area (Å²) in [5.74, 6) is 0.456. The molecular weight excluding hydrogens is 328 g/mol. The van der Waals surface area contributed by atoms with Crippen LogP contribution in [0.4, 0.5) is 0 Å². The van der Waals surface area contributed by atoms with Gasteiger partial charge < -0.3 is 9.30 Å². The third-order valence-electron chi connectivity index (χ3n) is 5.08. The molecule has 0 atom stereocenters. The molecule has 0 aliphatic carbocycles. The molecule has 0 aromatic carbocycles. The third kappa shape index (κ3) is 3.27. The van der Waals surface area contributed by atoms with E-state index >= 15 is 0 Å². The molecule has 0 bridgehead atoms. The van der Waals surface area contributed by atoms with Gasteiger partial charge in [0.2, 0.25) is 0 Å². The van der Waals surface area contributed by atoms with Gasteiger partial charge in [-0.25, -0.2) is 4.68 Å². The molecule has 0 N–H and O–H groups in total. The summed E-state index contributed by atoms with van der Waals surface area (Å²) in [6, 6.07) is 11.2. The number of rotatable bonds is 3. The van der Waals surface area contributed by atoms with Crippen molar-refractivity contribution in [1.82, 2.24) is 19.1 Å². The number of amides is 1. The fourth-order valence-electron chi connectivity index (χ4n) is 3.60. The van der Waals surface area contributed by atoms with E-state index in [1.165, 1.54) is 0 Å². The first-order valence-electron chi connectivity index (χ1n) is 9.01. The topological polar surface area (TPSA) is 59.6 Å². The molecule has 6 heteroatoms. The first-order valence-corrected chi connectivity index (χ1v) is 9.01. The van der Waals surface area contributed by atoms with E-state index < -0.39 is 0 Å². The van der Waals surface area contributed by atoms with Crippen molar-refractivity contribution in [3.8, 4) is 0 Å². The van der Waals surface area contributed by atoms with E-state index in [2.05, 4.69) is 5.10 Å². The molecule has 134 valence electrons. The van der Waals surface area contributed by atoms with E-state index in [1.54, 1.807) is 16.8 Å². The molecule has 26 heavy (non-hydrogen) atoms. The number of hydrogen-bond donors (Lipinski definition) is 0. The minimum Gasteiger partial charge on any atom is -0.339 e. The predicted molar refractivity (Wildman–Crippen MR) is 99.3 cm³/mol. The number of hydrogen-bond acceptors (Lipinski definition) is 3. The molecule has 1 saturated heterocycles. The second-order valence-electron chi connectivity index (χ2n) is 6.99. The van der Waals surface area contributed by atoms with Crippen LogP contribution < -0.4 is 5.56 Å². The van der Waals surface area contributed by atoms with Crippen molar-refractivity contribution in [1.29, 1.82) is 0 Å². The Kier molecular flexibility index (Phi) is 4.32. The largest absolute Gasteiger partial charge is 0.339 e. The molecule has 1 aliphatic heterocycles. The van der Waals surface area contributed by atoms with Crippen LogP contribution in [0.2, 0.25) is 0 Å². The number of pyridine rings is 1. The van der Waals surface area contributed by atoms with Crippen LogP contribution in [0.3, 0.4) is 0 Å². The molecular formula is C20H22N4O2. The zero-order valence-electron chi connectivity index (χ0n) is 14.8. The lowest BCUT2D eigenvalue weighted by Gasteiger charge is -2.31. The second kappa shape index (κ2) is 6.78. The Morgan fingerprint density at radius 2 is 2.00 bits per heavy atom. The summed E-state index contributed by atoms with van der Waals surface area (Å²) in [5, 5.41) is 4.31. The van der Waals surface area contributed by atoms with Gasteiger partial charge in [-0.05, 0) is 49.9 Å². The van der Waals surface area contributed by atoms with E-state index in [4.69, 9.17) is 0 Å². The van der Waals surface area contributed by atoms with Crippen LogP contribution in [0.25, 0.3) is 5.52 Å². The minimum atomic E-state index is -0.0605. The Balaban J connectivity index is 1.40. The Morgan fingerprint density at radius 1 is 1.19 bits per heavy atom. The lowest BCUT2D eigenvalue weighted by atomic mass is 9.96. The maximum absolute atomic E-state index is 12.8. The van der Waals surface area contributed by atoms with Gasteiger partial charge in [-0.1, -0.05) is 6.07 Å². The zero-order chi connectivity index (χ0) is 18.1. The van der Waals surface area contributed by atoms with Gasteiger partial charge in [0.1, 0.15) is 0 Å². The summed E-state index contributed by atoms with van der Waals surface area (Å²) >= 11 is 0. The van der Waals surface area contributed by atoms with Gasteiger partial charge in [-0.15, -0.1) is 0 Å². The number of aryl methyl sites for hydroxylation is 1. The highest BCUT2D eigenvalue weighted by Crippen LogP contribution is 2.21. The molecule has 6 nitrogen and oxygen atoms in total. The van der Waals surface area contributed by atoms with Crippen LogP contribution in [0.1, 0.15) is 28.9 Å². The summed E-state index contributed by atoms with van der Waals surface area (Å²) in [6.45, 7) is 3.95. The summed E-state index contributed by atoms with van der Waals surface area (Å²) in [4.78, 5) is 26.6. The van der Waals surface area contributed by atoms with E-state index in [9.17, 15) is 9.59 Å². The molecule has 3 aromatic heterocycles. The molecule has 3 aromatic rings. The molecule has 1 amide bonds. The molecule has 0 radical (unpaired) electrons. The molecule has 1 fully saturated rings. The average Bonchev–Trinajstić information content (AvgIpc) is 3.09. The van der Waals surface area contributed by atoms with Gasteiger partial charge in [0, 0.05) is 43.6 Å². The first-order chi connectivity index (χ1) is 12.6. The van der Waals surface area contributed by atoms with Crippen molar-refractivity contribution in [2.75, 3.05) is 13.1 Å². The summed E-state index contributed by atoms with van der Waals surface area (Å²) in [6.07, 6.45) is 5.62. The average molecular weight is 350 g/mol. The van der Waals surface area contributed by atoms with Crippen molar-refractivity contribution in [2.45, 2.75) is 26.3 Å². The maximum atomic E-state index is 12.8. The SMILES string of the molecule is Cc1ccc(=O)n(CC2CCN(C(=O)c3cc4ccccn4c3)CC2)n1. The molecule has 1 aliphatic rings. The van der Waals surface area contributed by atoms with Crippen molar-refractivity contribution in [3.05, 3.63) is 70.4 Å². The molecule has 0 saturated carbocycles. The number of aromatic nitrogens is 3. The Labute approximate surface area is 151 Å². The Bertz CT molecular complexity index is 963. The number of piperidine rings is 1. The fourth-order valence-corrected chi connectivity index (χ4v) is 3.60. The number of carbonyl (C=O) groups excluding carboxylic acids is 1. The van der Waals surface area contributed by atoms with Gasteiger partial charge in [0.05, 0.1) is 11.3 Å². The van der Waals surface area contributed by atoms with Crippen LogP contribution in [0.5, 0.6) is 0 Å². The quantitative estimate of drug-likeness (QED) is 0.729. The van der Waals surface area contributed by atoms with Gasteiger partial charge in [0.15, 0.2) is 0 Å². The summed E-state index contributed by atoms with van der Waals surface area (Å²) in [5.41, 5.74) is 2.54. The van der Waals surface area contributed by atoms with Crippen LogP contribution in [-0.2, 0) is 6.54 Å². The minimum absolute atomic E-state index is 0.0605. The number of nitrogens with zero attached hydrogens (tertiary/aromatic N) is 4. The van der Waals surface area contributed by atoms with Crippen molar-refractivity contribution >= 4 is 11.4 Å². The Morgan fingerprint density at radius 3 is 2.77 bits per heavy atom. The van der Waals surface area contributed by atoms with Gasteiger partial charge in [-0.2, -0.15) is 5.10 Å². The lowest BCUT2D eigenvalue weighted by molar-refractivity contribution is 0.0680. The van der Waals surface area contributed by atoms with E-state index in [0.717, 1.165) is 42.7 Å². The summed E-state index contributed by atoms with van der Waals surface area (Å²) < 4.78 is 3.52. The fraction of sp³-hybridized carbons (Fsp3) is 0.350. The molecule has 4 rings (SSSR count). The standard InChI is InChI=1S/C20H22N4O2/c1-15-5-6-19(25)24(21-15)13-16-7-10-22(11-8-16)20(26)17-12-18-4-2-3-9-23(18)14-17/h2-6,9,12,14,16H,7-8,10-11,13H2,1H3. The van der Waals surface area contributed by atoms with Crippen LogP contribution in [0.15, 0.2) is 53.6 Å². The summed E-state index contributed by atoms with van der Waals surface area (Å²) in [7, 11) is 0. The highest BCUT2D eigenvalue weighted by Gasteiger charge is 2.25. The van der Waals surface area contributed by atoms with Gasteiger partial charge >= 0.3 is 0 Å². The number of fused-ring (bicyclic) bond motifs is 1. The maximum Gasteiger partial charge on any atom is 0.266 e. The van der Waals surface area contributed by atoms with Crippen LogP contribution in [-0.4, -0.2) is 38.1 Å². The van der Waals surface area contributed by atoms with Gasteiger partial charge in [0.25, 0.3) is 11.5 Å². The monoisotopic (exact) mass is 350 g/mol. The van der Waals surface area contributed by atoms with Crippen molar-refractivity contribution < 1.29 is 4.79 Å². The van der Waals surface area contributed by atoms with Crippen LogP contribution >= 0.6 is 0 Å². The number of likely N-dealkylation sites (tertiary alicyclic amines) is 1. The van der Waals surface area contributed by atoms with Crippen molar-refractivity contribution in [3.63, 3.8) is 0 Å². The highest BCUT2D eigenvalue weighted by molar-refractivity contribution is 5.95.